The standard InChI is InChI=1S/C15H12F2N4O/c16-13-5-1-3-11(7-13)9-18-20-15(22)21-19-10-12-4-2-6-14(17)8-12/h1-10H,(H2,20,21,22)/b18-9+,19-10+. The number of benzene rings is 2. The minimum atomic E-state index is -0.680. The first-order valence-corrected chi connectivity index (χ1v) is 6.27. The van der Waals surface area contributed by atoms with Gasteiger partial charge in [0.25, 0.3) is 0 Å². The van der Waals surface area contributed by atoms with Gasteiger partial charge in [0, 0.05) is 0 Å². The molecule has 0 unspecified atom stereocenters. The Hall–Kier alpha value is -3.09. The maximum Gasteiger partial charge on any atom is 0.355 e. The number of nitrogens with zero attached hydrogens (tertiary/aromatic N) is 2. The fraction of sp³-hybridized carbons (Fsp3) is 0. The van der Waals surface area contributed by atoms with Crippen LogP contribution in [0.5, 0.6) is 0 Å². The Morgan fingerprint density at radius 2 is 1.32 bits per heavy atom. The number of hydrazone groups is 2. The topological polar surface area (TPSA) is 65.8 Å². The molecule has 0 radical (unpaired) electrons. The SMILES string of the molecule is O=C(N/N=C/c1cccc(F)c1)N/N=C/c1cccc(F)c1. The van der Waals surface area contributed by atoms with Crippen LogP contribution >= 0.6 is 0 Å². The molecular formula is C15H12F2N4O. The van der Waals surface area contributed by atoms with Crippen LogP contribution < -0.4 is 10.9 Å². The second kappa shape index (κ2) is 7.63. The molecule has 2 N–H and O–H groups in total. The molecule has 0 heterocycles. The predicted molar refractivity (Wildman–Crippen MR) is 79.7 cm³/mol. The van der Waals surface area contributed by atoms with Gasteiger partial charge in [-0.3, -0.25) is 0 Å². The van der Waals surface area contributed by atoms with Gasteiger partial charge in [-0.2, -0.15) is 10.2 Å². The summed E-state index contributed by atoms with van der Waals surface area (Å²) >= 11 is 0. The summed E-state index contributed by atoms with van der Waals surface area (Å²) in [7, 11) is 0. The summed E-state index contributed by atoms with van der Waals surface area (Å²) in [5, 5.41) is 7.27. The van der Waals surface area contributed by atoms with Gasteiger partial charge in [-0.15, -0.1) is 0 Å². The lowest BCUT2D eigenvalue weighted by molar-refractivity contribution is 0.242. The molecule has 5 nitrogen and oxygen atoms in total. The second-order valence-corrected chi connectivity index (χ2v) is 4.18. The number of nitrogens with one attached hydrogen (secondary N) is 2. The van der Waals surface area contributed by atoms with Crippen LogP contribution in [0.15, 0.2) is 58.7 Å². The molecule has 0 saturated carbocycles. The number of carbonyl (C=O) groups is 1. The van der Waals surface area contributed by atoms with Crippen molar-refractivity contribution < 1.29 is 13.6 Å². The highest BCUT2D eigenvalue weighted by Crippen LogP contribution is 2.00. The summed E-state index contributed by atoms with van der Waals surface area (Å²) in [5.74, 6) is -0.791. The zero-order chi connectivity index (χ0) is 15.8. The maximum absolute atomic E-state index is 12.9. The smallest absolute Gasteiger partial charge is 0.245 e. The number of carbonyl (C=O) groups excluding carboxylic acids is 1. The van der Waals surface area contributed by atoms with Crippen LogP contribution in [-0.4, -0.2) is 18.5 Å². The highest BCUT2D eigenvalue weighted by molar-refractivity contribution is 5.83. The second-order valence-electron chi connectivity index (χ2n) is 4.18. The minimum absolute atomic E-state index is 0.395. The predicted octanol–water partition coefficient (Wildman–Crippen LogP) is 2.63. The van der Waals surface area contributed by atoms with E-state index in [2.05, 4.69) is 21.1 Å². The average molecular weight is 302 g/mol. The third-order valence-corrected chi connectivity index (χ3v) is 2.46. The molecule has 2 aromatic carbocycles. The molecule has 2 aromatic rings. The van der Waals surface area contributed by atoms with E-state index in [0.717, 1.165) is 0 Å². The Morgan fingerprint density at radius 1 is 0.864 bits per heavy atom. The Kier molecular flexibility index (Phi) is 5.31. The number of amides is 2. The number of hydrogen-bond acceptors (Lipinski definition) is 3. The third-order valence-electron chi connectivity index (χ3n) is 2.46. The van der Waals surface area contributed by atoms with Crippen molar-refractivity contribution in [3.05, 3.63) is 71.3 Å². The summed E-state index contributed by atoms with van der Waals surface area (Å²) < 4.78 is 25.8. The molecule has 0 saturated heterocycles. The zero-order valence-corrected chi connectivity index (χ0v) is 11.3. The number of halogens is 2. The van der Waals surface area contributed by atoms with E-state index in [9.17, 15) is 13.6 Å². The molecular weight excluding hydrogens is 290 g/mol. The summed E-state index contributed by atoms with van der Waals surface area (Å²) in [6, 6.07) is 10.8. The molecule has 0 atom stereocenters. The van der Waals surface area contributed by atoms with E-state index in [1.807, 2.05) is 0 Å². The van der Waals surface area contributed by atoms with Crippen LogP contribution in [0.1, 0.15) is 11.1 Å². The van der Waals surface area contributed by atoms with Crippen molar-refractivity contribution in [1.29, 1.82) is 0 Å². The van der Waals surface area contributed by atoms with Gasteiger partial charge in [-0.05, 0) is 35.4 Å². The van der Waals surface area contributed by atoms with Gasteiger partial charge in [0.1, 0.15) is 11.6 Å². The van der Waals surface area contributed by atoms with Crippen LogP contribution in [0.4, 0.5) is 13.6 Å². The normalized spacial score (nSPS) is 11.0. The molecule has 7 heteroatoms. The van der Waals surface area contributed by atoms with Gasteiger partial charge >= 0.3 is 6.03 Å². The molecule has 2 rings (SSSR count). The van der Waals surface area contributed by atoms with Crippen LogP contribution in [0.3, 0.4) is 0 Å². The zero-order valence-electron chi connectivity index (χ0n) is 11.3. The third kappa shape index (κ3) is 5.12. The molecule has 112 valence electrons. The van der Waals surface area contributed by atoms with E-state index in [0.29, 0.717) is 11.1 Å². The van der Waals surface area contributed by atoms with Crippen molar-refractivity contribution in [3.8, 4) is 0 Å². The Morgan fingerprint density at radius 3 is 1.73 bits per heavy atom. The summed E-state index contributed by atoms with van der Waals surface area (Å²) in [4.78, 5) is 11.4. The van der Waals surface area contributed by atoms with Gasteiger partial charge in [0.2, 0.25) is 0 Å². The lowest BCUT2D eigenvalue weighted by Gasteiger charge is -1.98. The van der Waals surface area contributed by atoms with E-state index >= 15 is 0 Å². The molecule has 0 aromatic heterocycles. The van der Waals surface area contributed by atoms with E-state index in [1.54, 1.807) is 12.1 Å². The number of rotatable bonds is 4. The van der Waals surface area contributed by atoms with Crippen LogP contribution in [0.25, 0.3) is 0 Å². The van der Waals surface area contributed by atoms with E-state index < -0.39 is 17.7 Å². The van der Waals surface area contributed by atoms with Crippen molar-refractivity contribution >= 4 is 18.5 Å². The van der Waals surface area contributed by atoms with E-state index in [4.69, 9.17) is 0 Å². The first kappa shape index (κ1) is 15.3. The van der Waals surface area contributed by atoms with Crippen molar-refractivity contribution in [2.75, 3.05) is 0 Å². The Labute approximate surface area is 125 Å². The van der Waals surface area contributed by atoms with Gasteiger partial charge in [0.15, 0.2) is 0 Å². The number of urea groups is 1. The van der Waals surface area contributed by atoms with Crippen molar-refractivity contribution in [3.63, 3.8) is 0 Å². The van der Waals surface area contributed by atoms with Crippen LogP contribution in [0.2, 0.25) is 0 Å². The molecule has 0 aliphatic heterocycles. The van der Waals surface area contributed by atoms with Crippen molar-refractivity contribution in [2.45, 2.75) is 0 Å². The quantitative estimate of drug-likeness (QED) is 0.662. The largest absolute Gasteiger partial charge is 0.355 e. The Balaban J connectivity index is 1.81. The molecule has 0 bridgehead atoms. The van der Waals surface area contributed by atoms with Gasteiger partial charge < -0.3 is 0 Å². The maximum atomic E-state index is 12.9. The highest BCUT2D eigenvalue weighted by atomic mass is 19.1. The highest BCUT2D eigenvalue weighted by Gasteiger charge is 1.96. The van der Waals surface area contributed by atoms with E-state index in [-0.39, 0.29) is 0 Å². The first-order chi connectivity index (χ1) is 10.6. The summed E-state index contributed by atoms with van der Waals surface area (Å²) in [6.07, 6.45) is 2.58. The molecule has 0 spiro atoms. The lowest BCUT2D eigenvalue weighted by Crippen LogP contribution is -2.28. The molecule has 2 amide bonds. The van der Waals surface area contributed by atoms with Gasteiger partial charge in [0.05, 0.1) is 12.4 Å². The molecule has 0 fully saturated rings. The van der Waals surface area contributed by atoms with Gasteiger partial charge in [-0.25, -0.2) is 24.4 Å². The monoisotopic (exact) mass is 302 g/mol. The van der Waals surface area contributed by atoms with Crippen LogP contribution in [-0.2, 0) is 0 Å². The molecule has 22 heavy (non-hydrogen) atoms. The average Bonchev–Trinajstić information content (AvgIpc) is 2.47. The van der Waals surface area contributed by atoms with Crippen molar-refractivity contribution in [1.82, 2.24) is 10.9 Å². The number of hydrogen-bond donors (Lipinski definition) is 2. The minimum Gasteiger partial charge on any atom is -0.245 e. The fourth-order valence-electron chi connectivity index (χ4n) is 1.53. The molecule has 0 aliphatic rings. The van der Waals surface area contributed by atoms with E-state index in [1.165, 1.54) is 48.8 Å². The Bertz CT molecular complexity index is 657. The van der Waals surface area contributed by atoms with Crippen LogP contribution in [0, 0.1) is 11.6 Å². The fourth-order valence-corrected chi connectivity index (χ4v) is 1.53. The summed E-state index contributed by atoms with van der Waals surface area (Å²) in [5.41, 5.74) is 5.32. The van der Waals surface area contributed by atoms with Gasteiger partial charge in [-0.1, -0.05) is 24.3 Å². The lowest BCUT2D eigenvalue weighted by atomic mass is 10.2. The summed E-state index contributed by atoms with van der Waals surface area (Å²) in [6.45, 7) is 0. The first-order valence-electron chi connectivity index (χ1n) is 6.27. The molecule has 0 aliphatic carbocycles. The van der Waals surface area contributed by atoms with Crippen molar-refractivity contribution in [2.24, 2.45) is 10.2 Å².